The van der Waals surface area contributed by atoms with Gasteiger partial charge in [0.15, 0.2) is 0 Å². The van der Waals surface area contributed by atoms with Crippen molar-refractivity contribution in [1.29, 1.82) is 0 Å². The highest BCUT2D eigenvalue weighted by molar-refractivity contribution is 7.19. The van der Waals surface area contributed by atoms with Crippen LogP contribution in [0.4, 0.5) is 0 Å². The van der Waals surface area contributed by atoms with Gasteiger partial charge in [-0.15, -0.1) is 22.7 Å². The second kappa shape index (κ2) is 23.4. The molecule has 0 N–H and O–H groups in total. The molecule has 0 radical (unpaired) electrons. The Bertz CT molecular complexity index is 3820. The number of para-hydroxylation sites is 2. The molecule has 0 saturated heterocycles. The molecule has 0 atom stereocenters. The third-order valence-corrected chi connectivity index (χ3v) is 13.5. The van der Waals surface area contributed by atoms with Crippen LogP contribution in [0.3, 0.4) is 0 Å². The monoisotopic (exact) mass is 1010 g/mol. The number of hydrogen-bond acceptors (Lipinski definition) is 9. The molecule has 0 spiro atoms. The number of pyridine rings is 1. The zero-order valence-electron chi connectivity index (χ0n) is 41.5. The molecular formula is C58H54N8O5S2. The van der Waals surface area contributed by atoms with Crippen molar-refractivity contribution in [1.82, 2.24) is 37.1 Å². The molecule has 0 aliphatic carbocycles. The lowest BCUT2D eigenvalue weighted by Gasteiger charge is -1.86. The highest BCUT2D eigenvalue weighted by Gasteiger charge is 2.02. The van der Waals surface area contributed by atoms with Crippen molar-refractivity contribution in [3.8, 4) is 0 Å². The molecule has 0 bridgehead atoms. The number of aromatic nitrogens is 8. The number of fused-ring (bicyclic) bond motifs is 7. The zero-order valence-corrected chi connectivity index (χ0v) is 43.1. The Kier molecular flexibility index (Phi) is 16.2. The molecule has 0 aliphatic rings. The van der Waals surface area contributed by atoms with E-state index in [9.17, 15) is 14.4 Å². The molecule has 4 aromatic carbocycles. The van der Waals surface area contributed by atoms with Gasteiger partial charge in [0.2, 0.25) is 0 Å². The van der Waals surface area contributed by atoms with E-state index in [1.54, 1.807) is 79.5 Å². The number of imidazole rings is 3. The van der Waals surface area contributed by atoms with E-state index < -0.39 is 0 Å². The highest BCUT2D eigenvalue weighted by Crippen LogP contribution is 2.25. The van der Waals surface area contributed by atoms with Crippen molar-refractivity contribution in [3.63, 3.8) is 0 Å². The van der Waals surface area contributed by atoms with Crippen LogP contribution in [0.1, 0.15) is 21.8 Å². The zero-order chi connectivity index (χ0) is 51.4. The Morgan fingerprint density at radius 2 is 1.12 bits per heavy atom. The average Bonchev–Trinajstić information content (AvgIpc) is 4.30. The van der Waals surface area contributed by atoms with Gasteiger partial charge in [-0.2, -0.15) is 9.61 Å². The Hall–Kier alpha value is -8.79. The first kappa shape index (κ1) is 50.6. The van der Waals surface area contributed by atoms with Gasteiger partial charge in [0.05, 0.1) is 22.8 Å². The fourth-order valence-electron chi connectivity index (χ4n) is 7.71. The number of nitrogens with zero attached hydrogens (tertiary/aromatic N) is 8. The number of benzene rings is 4. The minimum Gasteiger partial charge on any atom is -0.464 e. The second-order valence-corrected chi connectivity index (χ2v) is 19.1. The molecule has 0 amide bonds. The van der Waals surface area contributed by atoms with Crippen LogP contribution in [0.5, 0.6) is 0 Å². The van der Waals surface area contributed by atoms with E-state index in [0.29, 0.717) is 0 Å². The second-order valence-electron chi connectivity index (χ2n) is 16.9. The van der Waals surface area contributed by atoms with Crippen LogP contribution in [0.25, 0.3) is 58.7 Å². The van der Waals surface area contributed by atoms with Crippen molar-refractivity contribution in [2.45, 2.75) is 27.7 Å². The van der Waals surface area contributed by atoms with Crippen LogP contribution in [0.2, 0.25) is 0 Å². The van der Waals surface area contributed by atoms with Gasteiger partial charge in [-0.25, -0.2) is 19.4 Å². The average molecular weight is 1010 g/mol. The summed E-state index contributed by atoms with van der Waals surface area (Å²) in [4.78, 5) is 38.9. The number of aryl methyl sites for hydroxylation is 7. The van der Waals surface area contributed by atoms with Gasteiger partial charge in [0.1, 0.15) is 23.3 Å². The van der Waals surface area contributed by atoms with Gasteiger partial charge < -0.3 is 22.5 Å². The Morgan fingerprint density at radius 3 is 1.81 bits per heavy atom. The van der Waals surface area contributed by atoms with Crippen molar-refractivity contribution < 1.29 is 8.83 Å². The van der Waals surface area contributed by atoms with Crippen LogP contribution in [-0.4, -0.2) is 37.1 Å². The first-order valence-electron chi connectivity index (χ1n) is 23.2. The maximum Gasteiger partial charge on any atom is 0.349 e. The summed E-state index contributed by atoms with van der Waals surface area (Å²) in [6.45, 7) is 8.30. The van der Waals surface area contributed by atoms with Gasteiger partial charge in [-0.1, -0.05) is 78.9 Å². The minimum absolute atomic E-state index is 0.000556. The predicted molar refractivity (Wildman–Crippen MR) is 299 cm³/mol. The fraction of sp³-hybridized carbons (Fsp3) is 0.121. The molecule has 368 valence electrons. The minimum atomic E-state index is -0.111. The van der Waals surface area contributed by atoms with Gasteiger partial charge in [0, 0.05) is 83.4 Å². The number of rotatable bonds is 0. The first-order valence-corrected chi connectivity index (χ1v) is 24.9. The van der Waals surface area contributed by atoms with E-state index in [1.165, 1.54) is 71.3 Å². The van der Waals surface area contributed by atoms with Crippen molar-refractivity contribution in [2.24, 2.45) is 21.1 Å². The van der Waals surface area contributed by atoms with Gasteiger partial charge in [0.25, 0.3) is 0 Å². The molecule has 0 fully saturated rings. The fourth-order valence-corrected chi connectivity index (χ4v) is 9.58. The third-order valence-electron chi connectivity index (χ3n) is 11.4. The maximum absolute atomic E-state index is 11.3. The number of hydrogen-bond donors (Lipinski definition) is 0. The number of furan rings is 2. The molecule has 73 heavy (non-hydrogen) atoms. The van der Waals surface area contributed by atoms with E-state index in [-0.39, 0.29) is 17.1 Å². The van der Waals surface area contributed by atoms with Crippen molar-refractivity contribution >= 4 is 81.3 Å². The molecule has 10 aromatic heterocycles. The van der Waals surface area contributed by atoms with Crippen LogP contribution in [0.15, 0.2) is 224 Å². The summed E-state index contributed by atoms with van der Waals surface area (Å²) < 4.78 is 22.5. The summed E-state index contributed by atoms with van der Waals surface area (Å²) in [5, 5.41) is 11.2. The van der Waals surface area contributed by atoms with E-state index in [4.69, 9.17) is 8.83 Å². The van der Waals surface area contributed by atoms with E-state index >= 15 is 0 Å². The Morgan fingerprint density at radius 1 is 0.521 bits per heavy atom. The lowest BCUT2D eigenvalue weighted by Crippen LogP contribution is -2.18. The normalized spacial score (nSPS) is 10.6. The molecule has 10 heterocycles. The summed E-state index contributed by atoms with van der Waals surface area (Å²) in [6, 6.07) is 48.4. The third kappa shape index (κ3) is 12.4. The SMILES string of the molecule is Cc1cc2ccccc2o1.Cc1cc2ccccc2s1.Cc1coc2ccccc12.Cc1csc2ccccc12.Cn1cc2ccccn2c1=O.Cn1cc2cccnn2c1=O.Cn1cc2ccncn2c1=O. The molecule has 14 aromatic rings. The standard InChI is InChI=1S/2C9H8O.2C9H8S.C8H8N2O.2C7H7N3O/c1-7-6-10-9-5-3-2-4-8(7)9;1-7-6-8-4-2-3-5-9(8)10-7;1-7-6-10-9-5-3-2-4-8(7)9;1-7-6-8-4-2-3-5-9(8)10-7;1-9-6-7-4-2-3-5-10(7)8(9)11;1-9-4-6-2-3-8-5-10(6)7(9)11;1-9-5-6-3-2-4-8-10(6)7(9)11/h4*2-6H,1H3;2-6H,1H3;2*2-5H,1H3. The molecule has 14 rings (SSSR count). The summed E-state index contributed by atoms with van der Waals surface area (Å²) in [7, 11) is 5.17. The van der Waals surface area contributed by atoms with E-state index in [0.717, 1.165) is 33.5 Å². The smallest absolute Gasteiger partial charge is 0.349 e. The lowest BCUT2D eigenvalue weighted by molar-refractivity contribution is 0.578. The van der Waals surface area contributed by atoms with Crippen molar-refractivity contribution in [2.75, 3.05) is 0 Å². The quantitative estimate of drug-likeness (QED) is 0.148. The summed E-state index contributed by atoms with van der Waals surface area (Å²) in [5.41, 5.74) is 6.98. The van der Waals surface area contributed by atoms with Crippen LogP contribution in [0, 0.1) is 27.7 Å². The highest BCUT2D eigenvalue weighted by atomic mass is 32.1. The molecule has 0 saturated carbocycles. The van der Waals surface area contributed by atoms with E-state index in [1.807, 2.05) is 116 Å². The topological polar surface area (TPSA) is 131 Å². The van der Waals surface area contributed by atoms with Gasteiger partial charge in [-0.3, -0.25) is 8.80 Å². The molecule has 13 nitrogen and oxygen atoms in total. The predicted octanol–water partition coefficient (Wildman–Crippen LogP) is 12.6. The van der Waals surface area contributed by atoms with Crippen LogP contribution in [-0.2, 0) is 21.1 Å². The maximum atomic E-state index is 11.3. The Balaban J connectivity index is 0.000000114. The molecule has 0 aliphatic heterocycles. The molecule has 0 unspecified atom stereocenters. The first-order chi connectivity index (χ1) is 35.3. The molecular weight excluding hydrogens is 953 g/mol. The largest absolute Gasteiger partial charge is 0.464 e. The lowest BCUT2D eigenvalue weighted by atomic mass is 10.2. The summed E-state index contributed by atoms with van der Waals surface area (Å²) in [5.74, 6) is 0.973. The number of thiophene rings is 2. The van der Waals surface area contributed by atoms with Gasteiger partial charge >= 0.3 is 17.1 Å². The van der Waals surface area contributed by atoms with Crippen LogP contribution >= 0.6 is 22.7 Å². The van der Waals surface area contributed by atoms with Crippen molar-refractivity contribution in [3.05, 3.63) is 254 Å². The molecule has 15 heteroatoms. The van der Waals surface area contributed by atoms with E-state index in [2.05, 4.69) is 90.0 Å². The summed E-state index contributed by atoms with van der Waals surface area (Å²) >= 11 is 3.67. The Labute approximate surface area is 427 Å². The van der Waals surface area contributed by atoms with Gasteiger partial charge in [-0.05, 0) is 122 Å². The van der Waals surface area contributed by atoms with Crippen LogP contribution < -0.4 is 17.1 Å². The summed E-state index contributed by atoms with van der Waals surface area (Å²) in [6.07, 6.45) is 13.6.